The molecule has 20 heavy (non-hydrogen) atoms. The highest BCUT2D eigenvalue weighted by Gasteiger charge is 2.26. The van der Waals surface area contributed by atoms with Gasteiger partial charge < -0.3 is 10.4 Å². The number of aromatic amines is 1. The van der Waals surface area contributed by atoms with Gasteiger partial charge in [0.1, 0.15) is 0 Å². The molecule has 2 rings (SSSR count). The Morgan fingerprint density at radius 3 is 2.75 bits per heavy atom. The molecule has 3 N–H and O–H groups in total. The Bertz CT molecular complexity index is 435. The Morgan fingerprint density at radius 1 is 1.50 bits per heavy atom. The zero-order chi connectivity index (χ0) is 14.5. The van der Waals surface area contributed by atoms with Crippen LogP contribution in [0.1, 0.15) is 37.1 Å². The number of H-pyrrole nitrogens is 1. The smallest absolute Gasteiger partial charge is 0.238 e. The van der Waals surface area contributed by atoms with E-state index in [1.165, 1.54) is 6.42 Å². The molecular formula is C14H24N4O2. The van der Waals surface area contributed by atoms with Crippen LogP contribution < -0.4 is 5.32 Å². The van der Waals surface area contributed by atoms with Crippen LogP contribution in [0.5, 0.6) is 0 Å². The summed E-state index contributed by atoms with van der Waals surface area (Å²) in [7, 11) is 0. The Balaban J connectivity index is 1.90. The van der Waals surface area contributed by atoms with Crippen molar-refractivity contribution in [1.29, 1.82) is 0 Å². The van der Waals surface area contributed by atoms with Gasteiger partial charge in [0.2, 0.25) is 5.91 Å². The van der Waals surface area contributed by atoms with Crippen molar-refractivity contribution in [1.82, 2.24) is 15.1 Å². The largest absolute Gasteiger partial charge is 0.396 e. The third kappa shape index (κ3) is 3.58. The maximum Gasteiger partial charge on any atom is 0.238 e. The minimum atomic E-state index is -0.0116. The molecule has 1 amide bonds. The highest BCUT2D eigenvalue weighted by molar-refractivity contribution is 5.93. The third-order valence-electron chi connectivity index (χ3n) is 3.93. The summed E-state index contributed by atoms with van der Waals surface area (Å²) in [5.41, 5.74) is 2.47. The molecule has 1 aliphatic rings. The third-order valence-corrected chi connectivity index (χ3v) is 3.93. The molecule has 1 aromatic rings. The summed E-state index contributed by atoms with van der Waals surface area (Å²) in [4.78, 5) is 14.4. The van der Waals surface area contributed by atoms with Gasteiger partial charge in [0.15, 0.2) is 0 Å². The number of nitrogens with one attached hydrogen (secondary N) is 2. The van der Waals surface area contributed by atoms with E-state index in [4.69, 9.17) is 5.11 Å². The number of amides is 1. The minimum absolute atomic E-state index is 0.0116. The van der Waals surface area contributed by atoms with Gasteiger partial charge in [0.05, 0.1) is 23.6 Å². The second-order valence-corrected chi connectivity index (χ2v) is 5.49. The molecule has 0 aliphatic heterocycles. The molecule has 0 aromatic carbocycles. The van der Waals surface area contributed by atoms with E-state index in [2.05, 4.69) is 20.4 Å². The van der Waals surface area contributed by atoms with Crippen LogP contribution in [0.4, 0.5) is 5.69 Å². The van der Waals surface area contributed by atoms with Crippen LogP contribution in [0.3, 0.4) is 0 Å². The fraction of sp³-hybridized carbons (Fsp3) is 0.714. The van der Waals surface area contributed by atoms with Crippen LogP contribution in [0.2, 0.25) is 0 Å². The maximum absolute atomic E-state index is 12.2. The summed E-state index contributed by atoms with van der Waals surface area (Å²) >= 11 is 0. The first-order chi connectivity index (χ1) is 9.61. The van der Waals surface area contributed by atoms with E-state index >= 15 is 0 Å². The second-order valence-electron chi connectivity index (χ2n) is 5.49. The Morgan fingerprint density at radius 2 is 2.25 bits per heavy atom. The van der Waals surface area contributed by atoms with Gasteiger partial charge in [-0.05, 0) is 33.1 Å². The number of aliphatic hydroxyl groups is 1. The van der Waals surface area contributed by atoms with Gasteiger partial charge in [0.25, 0.3) is 0 Å². The number of aliphatic hydroxyl groups excluding tert-OH is 1. The lowest BCUT2D eigenvalue weighted by molar-refractivity contribution is -0.118. The summed E-state index contributed by atoms with van der Waals surface area (Å²) in [5.74, 6) is -0.0116. The monoisotopic (exact) mass is 280 g/mol. The zero-order valence-electron chi connectivity index (χ0n) is 12.3. The molecular weight excluding hydrogens is 256 g/mol. The number of rotatable bonds is 7. The van der Waals surface area contributed by atoms with E-state index in [0.717, 1.165) is 36.5 Å². The number of carbonyl (C=O) groups is 1. The van der Waals surface area contributed by atoms with Crippen molar-refractivity contribution in [3.8, 4) is 0 Å². The number of nitrogens with zero attached hydrogens (tertiary/aromatic N) is 2. The summed E-state index contributed by atoms with van der Waals surface area (Å²) in [6, 6.07) is 0.499. The molecule has 0 spiro atoms. The van der Waals surface area contributed by atoms with Gasteiger partial charge in [-0.3, -0.25) is 14.8 Å². The Kier molecular flexibility index (Phi) is 5.14. The molecule has 0 saturated heterocycles. The number of aromatic nitrogens is 2. The summed E-state index contributed by atoms with van der Waals surface area (Å²) in [6.07, 6.45) is 4.26. The highest BCUT2D eigenvalue weighted by atomic mass is 16.3. The predicted molar refractivity (Wildman–Crippen MR) is 77.6 cm³/mol. The predicted octanol–water partition coefficient (Wildman–Crippen LogP) is 1.20. The van der Waals surface area contributed by atoms with Gasteiger partial charge in [-0.2, -0.15) is 5.10 Å². The van der Waals surface area contributed by atoms with Crippen LogP contribution in [0.25, 0.3) is 0 Å². The molecule has 1 aliphatic carbocycles. The number of anilines is 1. The summed E-state index contributed by atoms with van der Waals surface area (Å²) in [6.45, 7) is 5.09. The van der Waals surface area contributed by atoms with Crippen molar-refractivity contribution in [2.24, 2.45) is 0 Å². The normalized spacial score (nSPS) is 15.4. The van der Waals surface area contributed by atoms with Gasteiger partial charge >= 0.3 is 0 Å². The first-order valence-electron chi connectivity index (χ1n) is 7.28. The van der Waals surface area contributed by atoms with Crippen LogP contribution in [0, 0.1) is 13.8 Å². The van der Waals surface area contributed by atoms with Crippen LogP contribution in [-0.2, 0) is 4.79 Å². The average molecular weight is 280 g/mol. The van der Waals surface area contributed by atoms with Crippen molar-refractivity contribution in [3.63, 3.8) is 0 Å². The molecule has 0 radical (unpaired) electrons. The topological polar surface area (TPSA) is 81.2 Å². The zero-order valence-corrected chi connectivity index (χ0v) is 12.3. The quantitative estimate of drug-likeness (QED) is 0.701. The van der Waals surface area contributed by atoms with Crippen molar-refractivity contribution >= 4 is 11.6 Å². The molecule has 1 saturated carbocycles. The molecule has 1 heterocycles. The van der Waals surface area contributed by atoms with E-state index in [-0.39, 0.29) is 12.5 Å². The number of hydrogen-bond donors (Lipinski definition) is 3. The lowest BCUT2D eigenvalue weighted by atomic mass is 9.91. The number of hydrogen-bond acceptors (Lipinski definition) is 4. The van der Waals surface area contributed by atoms with Crippen molar-refractivity contribution in [2.75, 3.05) is 25.0 Å². The first kappa shape index (κ1) is 15.0. The average Bonchev–Trinajstić information content (AvgIpc) is 2.65. The Labute approximate surface area is 119 Å². The van der Waals surface area contributed by atoms with Crippen LogP contribution in [-0.4, -0.2) is 51.8 Å². The van der Waals surface area contributed by atoms with Crippen LogP contribution in [0.15, 0.2) is 0 Å². The summed E-state index contributed by atoms with van der Waals surface area (Å²) < 4.78 is 0. The van der Waals surface area contributed by atoms with E-state index in [9.17, 15) is 4.79 Å². The van der Waals surface area contributed by atoms with Crippen molar-refractivity contribution < 1.29 is 9.90 Å². The maximum atomic E-state index is 12.2. The molecule has 0 bridgehead atoms. The fourth-order valence-corrected chi connectivity index (χ4v) is 2.51. The lowest BCUT2D eigenvalue weighted by Crippen LogP contribution is -2.45. The summed E-state index contributed by atoms with van der Waals surface area (Å²) in [5, 5.41) is 18.8. The van der Waals surface area contributed by atoms with Crippen LogP contribution >= 0.6 is 0 Å². The molecule has 112 valence electrons. The standard InChI is InChI=1S/C14H24N4O2/c1-10-14(11(2)17-16-10)15-13(20)9-18(7-4-8-19)12-5-3-6-12/h12,19H,3-9H2,1-2H3,(H,15,20)(H,16,17). The van der Waals surface area contributed by atoms with Crippen molar-refractivity contribution in [3.05, 3.63) is 11.4 Å². The van der Waals surface area contributed by atoms with E-state index in [1.54, 1.807) is 0 Å². The van der Waals surface area contributed by atoms with Gasteiger partial charge in [-0.15, -0.1) is 0 Å². The molecule has 6 nitrogen and oxygen atoms in total. The van der Waals surface area contributed by atoms with E-state index in [0.29, 0.717) is 19.0 Å². The fourth-order valence-electron chi connectivity index (χ4n) is 2.51. The van der Waals surface area contributed by atoms with Crippen molar-refractivity contribution in [2.45, 2.75) is 45.6 Å². The van der Waals surface area contributed by atoms with Gasteiger partial charge in [0, 0.05) is 19.2 Å². The van der Waals surface area contributed by atoms with E-state index in [1.807, 2.05) is 13.8 Å². The first-order valence-corrected chi connectivity index (χ1v) is 7.28. The molecule has 6 heteroatoms. The SMILES string of the molecule is Cc1n[nH]c(C)c1NC(=O)CN(CCCO)C1CCC1. The number of aryl methyl sites for hydroxylation is 2. The molecule has 1 fully saturated rings. The molecule has 1 aromatic heterocycles. The molecule has 0 unspecified atom stereocenters. The second kappa shape index (κ2) is 6.85. The van der Waals surface area contributed by atoms with Gasteiger partial charge in [-0.1, -0.05) is 6.42 Å². The Hall–Kier alpha value is -1.40. The number of carbonyl (C=O) groups excluding carboxylic acids is 1. The van der Waals surface area contributed by atoms with Gasteiger partial charge in [-0.25, -0.2) is 0 Å². The van der Waals surface area contributed by atoms with E-state index < -0.39 is 0 Å². The molecule has 0 atom stereocenters. The highest BCUT2D eigenvalue weighted by Crippen LogP contribution is 2.25. The lowest BCUT2D eigenvalue weighted by Gasteiger charge is -2.37. The minimum Gasteiger partial charge on any atom is -0.396 e.